The lowest BCUT2D eigenvalue weighted by Gasteiger charge is -2.35. The zero-order valence-corrected chi connectivity index (χ0v) is 19.1. The Labute approximate surface area is 197 Å². The topological polar surface area (TPSA) is 72.5 Å². The number of benzene rings is 2. The Bertz CT molecular complexity index is 1160. The summed E-state index contributed by atoms with van der Waals surface area (Å²) in [5, 5.41) is 8.17. The Morgan fingerprint density at radius 3 is 2.47 bits per heavy atom. The van der Waals surface area contributed by atoms with Crippen LogP contribution in [0.5, 0.6) is 0 Å². The molecule has 5 rings (SSSR count). The van der Waals surface area contributed by atoms with Crippen molar-refractivity contribution >= 4 is 53.3 Å². The van der Waals surface area contributed by atoms with Gasteiger partial charge in [0.2, 0.25) is 0 Å². The SMILES string of the molecule is Cc1cccc2c1C(=O)N(CCN1CCN(c3n[nH]c4cc(F)ccc34)CC1)C2=O.Cl.Cl. The summed E-state index contributed by atoms with van der Waals surface area (Å²) in [5.41, 5.74) is 2.57. The number of hydrogen-bond donors (Lipinski definition) is 1. The minimum absolute atomic E-state index is 0. The molecule has 0 aliphatic carbocycles. The van der Waals surface area contributed by atoms with Crippen molar-refractivity contribution in [1.29, 1.82) is 0 Å². The van der Waals surface area contributed by atoms with Crippen LogP contribution < -0.4 is 4.90 Å². The van der Waals surface area contributed by atoms with E-state index in [-0.39, 0.29) is 42.4 Å². The molecule has 2 aliphatic rings. The molecule has 7 nitrogen and oxygen atoms in total. The van der Waals surface area contributed by atoms with Crippen LogP contribution in [0, 0.1) is 12.7 Å². The minimum atomic E-state index is -0.286. The highest BCUT2D eigenvalue weighted by atomic mass is 35.5. The molecule has 2 aliphatic heterocycles. The van der Waals surface area contributed by atoms with Crippen molar-refractivity contribution in [2.45, 2.75) is 6.92 Å². The van der Waals surface area contributed by atoms with Gasteiger partial charge in [0, 0.05) is 44.7 Å². The monoisotopic (exact) mass is 479 g/mol. The van der Waals surface area contributed by atoms with E-state index in [1.807, 2.05) is 19.1 Å². The van der Waals surface area contributed by atoms with Crippen molar-refractivity contribution in [3.63, 3.8) is 0 Å². The summed E-state index contributed by atoms with van der Waals surface area (Å²) in [4.78, 5) is 31.1. The normalized spacial score (nSPS) is 16.2. The smallest absolute Gasteiger partial charge is 0.261 e. The van der Waals surface area contributed by atoms with Crippen LogP contribution in [-0.2, 0) is 0 Å². The van der Waals surface area contributed by atoms with E-state index < -0.39 is 0 Å². The molecule has 0 saturated carbocycles. The van der Waals surface area contributed by atoms with Crippen LogP contribution in [-0.4, -0.2) is 71.1 Å². The second kappa shape index (κ2) is 9.44. The number of halogens is 3. The van der Waals surface area contributed by atoms with Gasteiger partial charge in [-0.15, -0.1) is 24.8 Å². The van der Waals surface area contributed by atoms with Crippen molar-refractivity contribution in [3.8, 4) is 0 Å². The maximum absolute atomic E-state index is 13.4. The first kappa shape index (κ1) is 24.0. The van der Waals surface area contributed by atoms with E-state index in [1.165, 1.54) is 17.0 Å². The van der Waals surface area contributed by atoms with E-state index in [4.69, 9.17) is 0 Å². The number of H-pyrrole nitrogens is 1. The molecule has 1 saturated heterocycles. The number of hydrogen-bond acceptors (Lipinski definition) is 5. The van der Waals surface area contributed by atoms with Gasteiger partial charge in [0.25, 0.3) is 11.8 Å². The first-order chi connectivity index (χ1) is 14.5. The molecule has 32 heavy (non-hydrogen) atoms. The van der Waals surface area contributed by atoms with Crippen molar-refractivity contribution < 1.29 is 14.0 Å². The fraction of sp³-hybridized carbons (Fsp3) is 0.318. The molecule has 170 valence electrons. The number of imide groups is 1. The van der Waals surface area contributed by atoms with Gasteiger partial charge >= 0.3 is 0 Å². The average Bonchev–Trinajstić information content (AvgIpc) is 3.26. The number of carbonyl (C=O) groups excluding carboxylic acids is 2. The largest absolute Gasteiger partial charge is 0.352 e. The standard InChI is InChI=1S/C22H22FN5O2.2ClH/c1-14-3-2-4-17-19(14)22(30)28(21(17)29)12-9-26-7-10-27(11-8-26)20-16-6-5-15(23)13-18(16)24-25-20;;/h2-6,13H,7-12H2,1H3,(H,24,25);2*1H. The van der Waals surface area contributed by atoms with E-state index >= 15 is 0 Å². The number of aryl methyl sites for hydroxylation is 1. The van der Waals surface area contributed by atoms with Gasteiger partial charge in [-0.1, -0.05) is 12.1 Å². The minimum Gasteiger partial charge on any atom is -0.352 e. The summed E-state index contributed by atoms with van der Waals surface area (Å²) < 4.78 is 13.4. The van der Waals surface area contributed by atoms with E-state index in [2.05, 4.69) is 20.0 Å². The first-order valence-electron chi connectivity index (χ1n) is 10.1. The summed E-state index contributed by atoms with van der Waals surface area (Å²) in [6.07, 6.45) is 0. The van der Waals surface area contributed by atoms with Gasteiger partial charge in [0.1, 0.15) is 5.82 Å². The summed E-state index contributed by atoms with van der Waals surface area (Å²) in [5.74, 6) is 0.154. The highest BCUT2D eigenvalue weighted by Crippen LogP contribution is 2.27. The average molecular weight is 480 g/mol. The second-order valence-corrected chi connectivity index (χ2v) is 7.83. The Kier molecular flexibility index (Phi) is 7.07. The van der Waals surface area contributed by atoms with Crippen LogP contribution in [0.1, 0.15) is 26.3 Å². The number of aromatic nitrogens is 2. The summed E-state index contributed by atoms with van der Waals surface area (Å²) in [6, 6.07) is 10.0. The predicted molar refractivity (Wildman–Crippen MR) is 126 cm³/mol. The van der Waals surface area contributed by atoms with Crippen LogP contribution in [0.4, 0.5) is 10.2 Å². The lowest BCUT2D eigenvalue weighted by atomic mass is 10.0. The molecule has 0 spiro atoms. The molecular formula is C22H24Cl2FN5O2. The molecule has 0 atom stereocenters. The number of fused-ring (bicyclic) bond motifs is 2. The number of piperazine rings is 1. The number of carbonyl (C=O) groups is 2. The Balaban J connectivity index is 0.00000144. The number of nitrogens with one attached hydrogen (secondary N) is 1. The molecule has 0 unspecified atom stereocenters. The second-order valence-electron chi connectivity index (χ2n) is 7.83. The van der Waals surface area contributed by atoms with Crippen molar-refractivity contribution in [3.05, 3.63) is 58.9 Å². The third-order valence-electron chi connectivity index (χ3n) is 6.02. The quantitative estimate of drug-likeness (QED) is 0.581. The number of anilines is 1. The first-order valence-corrected chi connectivity index (χ1v) is 10.1. The maximum Gasteiger partial charge on any atom is 0.261 e. The van der Waals surface area contributed by atoms with Gasteiger partial charge in [-0.25, -0.2) is 4.39 Å². The van der Waals surface area contributed by atoms with Crippen LogP contribution >= 0.6 is 24.8 Å². The van der Waals surface area contributed by atoms with Gasteiger partial charge in [0.15, 0.2) is 5.82 Å². The van der Waals surface area contributed by atoms with Crippen molar-refractivity contribution in [2.75, 3.05) is 44.2 Å². The van der Waals surface area contributed by atoms with Crippen LogP contribution in [0.3, 0.4) is 0 Å². The van der Waals surface area contributed by atoms with Gasteiger partial charge in [-0.2, -0.15) is 5.10 Å². The van der Waals surface area contributed by atoms with Crippen molar-refractivity contribution in [1.82, 2.24) is 20.0 Å². The number of amides is 2. The molecular weight excluding hydrogens is 456 g/mol. The zero-order chi connectivity index (χ0) is 20.8. The maximum atomic E-state index is 13.4. The molecule has 10 heteroatoms. The molecule has 1 aromatic heterocycles. The zero-order valence-electron chi connectivity index (χ0n) is 17.5. The van der Waals surface area contributed by atoms with E-state index in [0.717, 1.165) is 42.9 Å². The number of nitrogens with zero attached hydrogens (tertiary/aromatic N) is 4. The molecule has 2 amide bonds. The Hall–Kier alpha value is -2.68. The van der Waals surface area contributed by atoms with Gasteiger partial charge < -0.3 is 4.90 Å². The third kappa shape index (κ3) is 4.05. The Morgan fingerprint density at radius 2 is 1.75 bits per heavy atom. The molecule has 2 aromatic carbocycles. The van der Waals surface area contributed by atoms with Crippen molar-refractivity contribution in [2.24, 2.45) is 0 Å². The highest BCUT2D eigenvalue weighted by molar-refractivity contribution is 6.22. The summed E-state index contributed by atoms with van der Waals surface area (Å²) in [6.45, 7) is 6.05. The molecule has 3 heterocycles. The van der Waals surface area contributed by atoms with Crippen LogP contribution in [0.15, 0.2) is 36.4 Å². The molecule has 1 N–H and O–H groups in total. The fourth-order valence-corrected chi connectivity index (χ4v) is 4.35. The lowest BCUT2D eigenvalue weighted by molar-refractivity contribution is 0.0634. The van der Waals surface area contributed by atoms with Gasteiger partial charge in [-0.3, -0.25) is 24.5 Å². The van der Waals surface area contributed by atoms with Gasteiger partial charge in [-0.05, 0) is 36.8 Å². The lowest BCUT2D eigenvalue weighted by Crippen LogP contribution is -2.49. The van der Waals surface area contributed by atoms with E-state index in [1.54, 1.807) is 12.1 Å². The molecule has 3 aromatic rings. The predicted octanol–water partition coefficient (Wildman–Crippen LogP) is 3.27. The summed E-state index contributed by atoms with van der Waals surface area (Å²) in [7, 11) is 0. The highest BCUT2D eigenvalue weighted by Gasteiger charge is 2.36. The van der Waals surface area contributed by atoms with E-state index in [9.17, 15) is 14.0 Å². The fourth-order valence-electron chi connectivity index (χ4n) is 4.35. The number of rotatable bonds is 4. The van der Waals surface area contributed by atoms with Crippen LogP contribution in [0.25, 0.3) is 10.9 Å². The van der Waals surface area contributed by atoms with Gasteiger partial charge in [0.05, 0.1) is 16.6 Å². The summed E-state index contributed by atoms with van der Waals surface area (Å²) >= 11 is 0. The van der Waals surface area contributed by atoms with Crippen LogP contribution in [0.2, 0.25) is 0 Å². The third-order valence-corrected chi connectivity index (χ3v) is 6.02. The number of aromatic amines is 1. The van der Waals surface area contributed by atoms with E-state index in [0.29, 0.717) is 29.7 Å². The molecule has 1 fully saturated rings. The molecule has 0 radical (unpaired) electrons. The molecule has 0 bridgehead atoms. The Morgan fingerprint density at radius 1 is 1.00 bits per heavy atom.